The van der Waals surface area contributed by atoms with Gasteiger partial charge in [-0.2, -0.15) is 0 Å². The minimum Gasteiger partial charge on any atom is -0.339 e. The molecule has 7 nitrogen and oxygen atoms in total. The number of nitro benzene ring substituents is 1. The molecule has 28 heavy (non-hydrogen) atoms. The first kappa shape index (κ1) is 19.8. The van der Waals surface area contributed by atoms with E-state index in [-0.39, 0.29) is 23.4 Å². The zero-order valence-corrected chi connectivity index (χ0v) is 16.1. The van der Waals surface area contributed by atoms with Gasteiger partial charge in [-0.1, -0.05) is 29.8 Å². The zero-order valence-electron chi connectivity index (χ0n) is 15.4. The Morgan fingerprint density at radius 1 is 1.18 bits per heavy atom. The lowest BCUT2D eigenvalue weighted by molar-refractivity contribution is -0.384. The van der Waals surface area contributed by atoms with Crippen LogP contribution in [0.3, 0.4) is 0 Å². The summed E-state index contributed by atoms with van der Waals surface area (Å²) in [5, 5.41) is 14.1. The van der Waals surface area contributed by atoms with E-state index >= 15 is 0 Å². The molecule has 0 aromatic heterocycles. The quantitative estimate of drug-likeness (QED) is 0.617. The van der Waals surface area contributed by atoms with Crippen molar-refractivity contribution in [2.45, 2.75) is 19.8 Å². The van der Waals surface area contributed by atoms with Crippen LogP contribution in [0.2, 0.25) is 5.02 Å². The molecule has 8 heteroatoms. The van der Waals surface area contributed by atoms with Gasteiger partial charge in [0.25, 0.3) is 11.6 Å². The van der Waals surface area contributed by atoms with Crippen LogP contribution in [0.1, 0.15) is 28.8 Å². The second-order valence-electron chi connectivity index (χ2n) is 6.79. The van der Waals surface area contributed by atoms with Crippen LogP contribution in [-0.4, -0.2) is 34.7 Å². The molecule has 1 fully saturated rings. The van der Waals surface area contributed by atoms with Crippen molar-refractivity contribution in [2.75, 3.05) is 18.4 Å². The van der Waals surface area contributed by atoms with Crippen molar-refractivity contribution in [1.29, 1.82) is 0 Å². The summed E-state index contributed by atoms with van der Waals surface area (Å²) in [5.41, 5.74) is 1.58. The maximum Gasteiger partial charge on any atom is 0.271 e. The van der Waals surface area contributed by atoms with Gasteiger partial charge in [0.1, 0.15) is 0 Å². The first-order valence-corrected chi connectivity index (χ1v) is 9.34. The molecule has 0 saturated carbocycles. The minimum absolute atomic E-state index is 0.0685. The highest BCUT2D eigenvalue weighted by molar-refractivity contribution is 6.33. The molecular formula is C20H20ClN3O4. The maximum atomic E-state index is 12.6. The van der Waals surface area contributed by atoms with E-state index in [1.807, 2.05) is 0 Å². The van der Waals surface area contributed by atoms with E-state index in [1.54, 1.807) is 42.2 Å². The standard InChI is InChI=1S/C20H20ClN3O4/c1-13-6-7-15(24(27)28)12-18(13)22-19(25)14-8-10-23(11-9-14)20(26)16-4-2-3-5-17(16)21/h2-7,12,14H,8-11H2,1H3,(H,22,25). The van der Waals surface area contributed by atoms with Crippen LogP contribution in [0.5, 0.6) is 0 Å². The lowest BCUT2D eigenvalue weighted by Crippen LogP contribution is -2.41. The van der Waals surface area contributed by atoms with Crippen LogP contribution in [0, 0.1) is 23.0 Å². The Bertz CT molecular complexity index is 923. The fourth-order valence-corrected chi connectivity index (χ4v) is 3.46. The Kier molecular flexibility index (Phi) is 5.94. The van der Waals surface area contributed by atoms with Crippen LogP contribution in [0.25, 0.3) is 0 Å². The second-order valence-corrected chi connectivity index (χ2v) is 7.20. The fourth-order valence-electron chi connectivity index (χ4n) is 3.24. The summed E-state index contributed by atoms with van der Waals surface area (Å²) in [6.45, 7) is 2.69. The Balaban J connectivity index is 1.61. The predicted octanol–water partition coefficient (Wildman–Crippen LogP) is 4.05. The number of amides is 2. The number of piperidine rings is 1. The van der Waals surface area contributed by atoms with Crippen molar-refractivity contribution in [2.24, 2.45) is 5.92 Å². The van der Waals surface area contributed by atoms with Gasteiger partial charge in [0.2, 0.25) is 5.91 Å². The molecule has 0 atom stereocenters. The SMILES string of the molecule is Cc1ccc([N+](=O)[O-])cc1NC(=O)C1CCN(C(=O)c2ccccc2Cl)CC1. The van der Waals surface area contributed by atoms with Crippen molar-refractivity contribution in [3.05, 3.63) is 68.7 Å². The van der Waals surface area contributed by atoms with Gasteiger partial charge in [-0.15, -0.1) is 0 Å². The highest BCUT2D eigenvalue weighted by Gasteiger charge is 2.29. The number of hydrogen-bond acceptors (Lipinski definition) is 4. The monoisotopic (exact) mass is 401 g/mol. The van der Waals surface area contributed by atoms with Crippen LogP contribution in [0.4, 0.5) is 11.4 Å². The maximum absolute atomic E-state index is 12.6. The Labute approximate surface area is 167 Å². The smallest absolute Gasteiger partial charge is 0.271 e. The van der Waals surface area contributed by atoms with E-state index in [2.05, 4.69) is 5.32 Å². The molecule has 0 aliphatic carbocycles. The van der Waals surface area contributed by atoms with Crippen molar-refractivity contribution in [3.8, 4) is 0 Å². The van der Waals surface area contributed by atoms with Gasteiger partial charge < -0.3 is 10.2 Å². The van der Waals surface area contributed by atoms with E-state index in [4.69, 9.17) is 11.6 Å². The zero-order chi connectivity index (χ0) is 20.3. The number of benzene rings is 2. The van der Waals surface area contributed by atoms with Gasteiger partial charge in [0.15, 0.2) is 0 Å². The summed E-state index contributed by atoms with van der Waals surface area (Å²) < 4.78 is 0. The molecule has 0 spiro atoms. The molecule has 2 amide bonds. The molecule has 3 rings (SSSR count). The third-order valence-electron chi connectivity index (χ3n) is 4.95. The number of carbonyl (C=O) groups is 2. The predicted molar refractivity (Wildman–Crippen MR) is 107 cm³/mol. The van der Waals surface area contributed by atoms with Gasteiger partial charge >= 0.3 is 0 Å². The number of nitrogens with one attached hydrogen (secondary N) is 1. The number of non-ortho nitro benzene ring substituents is 1. The number of nitrogens with zero attached hydrogens (tertiary/aromatic N) is 2. The lowest BCUT2D eigenvalue weighted by Gasteiger charge is -2.31. The molecule has 0 bridgehead atoms. The van der Waals surface area contributed by atoms with Crippen LogP contribution in [0.15, 0.2) is 42.5 Å². The molecule has 1 N–H and O–H groups in total. The summed E-state index contributed by atoms with van der Waals surface area (Å²) in [4.78, 5) is 37.4. The molecule has 0 radical (unpaired) electrons. The molecule has 2 aromatic rings. The first-order valence-electron chi connectivity index (χ1n) is 8.96. The van der Waals surface area contributed by atoms with Crippen LogP contribution >= 0.6 is 11.6 Å². The Morgan fingerprint density at radius 2 is 1.86 bits per heavy atom. The molecule has 146 valence electrons. The van der Waals surface area contributed by atoms with Crippen molar-refractivity contribution >= 4 is 34.8 Å². The fraction of sp³-hybridized carbons (Fsp3) is 0.300. The number of nitro groups is 1. The van der Waals surface area contributed by atoms with Gasteiger partial charge in [-0.3, -0.25) is 19.7 Å². The van der Waals surface area contributed by atoms with Crippen molar-refractivity contribution in [1.82, 2.24) is 4.90 Å². The average molecular weight is 402 g/mol. The largest absolute Gasteiger partial charge is 0.339 e. The van der Waals surface area contributed by atoms with Gasteiger partial charge in [-0.25, -0.2) is 0 Å². The molecule has 0 unspecified atom stereocenters. The number of hydrogen-bond donors (Lipinski definition) is 1. The third-order valence-corrected chi connectivity index (χ3v) is 5.28. The first-order chi connectivity index (χ1) is 13.4. The summed E-state index contributed by atoms with van der Waals surface area (Å²) in [6.07, 6.45) is 1.05. The van der Waals surface area contributed by atoms with E-state index in [0.717, 1.165) is 5.56 Å². The van der Waals surface area contributed by atoms with Gasteiger partial charge in [-0.05, 0) is 37.5 Å². The van der Waals surface area contributed by atoms with E-state index < -0.39 is 4.92 Å². The molecule has 1 aliphatic rings. The number of carbonyl (C=O) groups excluding carboxylic acids is 2. The number of likely N-dealkylation sites (tertiary alicyclic amines) is 1. The highest BCUT2D eigenvalue weighted by Crippen LogP contribution is 2.26. The highest BCUT2D eigenvalue weighted by atomic mass is 35.5. The number of anilines is 1. The summed E-state index contributed by atoms with van der Waals surface area (Å²) in [6, 6.07) is 11.3. The average Bonchev–Trinajstić information content (AvgIpc) is 2.69. The Morgan fingerprint density at radius 3 is 2.50 bits per heavy atom. The third kappa shape index (κ3) is 4.31. The molecule has 2 aromatic carbocycles. The van der Waals surface area contributed by atoms with Crippen molar-refractivity contribution < 1.29 is 14.5 Å². The molecule has 1 saturated heterocycles. The number of rotatable bonds is 4. The van der Waals surface area contributed by atoms with E-state index in [9.17, 15) is 19.7 Å². The number of aryl methyl sites for hydroxylation is 1. The van der Waals surface area contributed by atoms with Crippen LogP contribution in [-0.2, 0) is 4.79 Å². The second kappa shape index (κ2) is 8.39. The van der Waals surface area contributed by atoms with Crippen molar-refractivity contribution in [3.63, 3.8) is 0 Å². The van der Waals surface area contributed by atoms with E-state index in [0.29, 0.717) is 42.2 Å². The molecular weight excluding hydrogens is 382 g/mol. The minimum atomic E-state index is -0.492. The summed E-state index contributed by atoms with van der Waals surface area (Å²) in [5.74, 6) is -0.582. The van der Waals surface area contributed by atoms with E-state index in [1.165, 1.54) is 12.1 Å². The molecule has 1 heterocycles. The molecule has 1 aliphatic heterocycles. The normalized spacial score (nSPS) is 14.6. The lowest BCUT2D eigenvalue weighted by atomic mass is 9.95. The van der Waals surface area contributed by atoms with Gasteiger partial charge in [0.05, 0.1) is 21.2 Å². The summed E-state index contributed by atoms with van der Waals surface area (Å²) in [7, 11) is 0. The van der Waals surface area contributed by atoms with Crippen LogP contribution < -0.4 is 5.32 Å². The Hall–Kier alpha value is -2.93. The summed E-state index contributed by atoms with van der Waals surface area (Å²) >= 11 is 6.10. The number of halogens is 1. The van der Waals surface area contributed by atoms with Gasteiger partial charge in [0, 0.05) is 31.1 Å². The topological polar surface area (TPSA) is 92.6 Å².